The van der Waals surface area contributed by atoms with E-state index in [0.29, 0.717) is 10.5 Å². The van der Waals surface area contributed by atoms with Crippen LogP contribution in [0.3, 0.4) is 0 Å². The van der Waals surface area contributed by atoms with E-state index in [-0.39, 0.29) is 5.78 Å². The monoisotopic (exact) mass is 327 g/mol. The minimum absolute atomic E-state index is 0.109. The third kappa shape index (κ3) is 3.09. The summed E-state index contributed by atoms with van der Waals surface area (Å²) in [7, 11) is 0. The average Bonchev–Trinajstić information content (AvgIpc) is 2.27. The highest BCUT2D eigenvalue weighted by molar-refractivity contribution is 9.10. The highest BCUT2D eigenvalue weighted by Crippen LogP contribution is 2.33. The summed E-state index contributed by atoms with van der Waals surface area (Å²) in [5.41, 5.74) is 1.96. The van der Waals surface area contributed by atoms with E-state index in [4.69, 9.17) is 0 Å². The first kappa shape index (κ1) is 13.9. The predicted octanol–water partition coefficient (Wildman–Crippen LogP) is 3.98. The largest absolute Gasteiger partial charge is 0.368 e. The summed E-state index contributed by atoms with van der Waals surface area (Å²) in [6.45, 7) is 8.26. The summed E-state index contributed by atoms with van der Waals surface area (Å²) in [5.74, 6) is 0.109. The van der Waals surface area contributed by atoms with E-state index in [1.807, 2.05) is 23.9 Å². The molecule has 0 bridgehead atoms. The number of thioether (sulfide) groups is 1. The van der Waals surface area contributed by atoms with E-state index in [2.05, 4.69) is 40.7 Å². The van der Waals surface area contributed by atoms with Crippen molar-refractivity contribution in [2.75, 3.05) is 18.0 Å². The van der Waals surface area contributed by atoms with Crippen molar-refractivity contribution >= 4 is 39.2 Å². The quantitative estimate of drug-likeness (QED) is 0.766. The molecule has 0 spiro atoms. The van der Waals surface area contributed by atoms with Gasteiger partial charge in [-0.05, 0) is 41.1 Å². The molecular formula is C14H18BrNOS. The van der Waals surface area contributed by atoms with Crippen LogP contribution in [0.25, 0.3) is 0 Å². The Morgan fingerprint density at radius 3 is 2.44 bits per heavy atom. The lowest BCUT2D eigenvalue weighted by Gasteiger charge is -2.36. The zero-order valence-corrected chi connectivity index (χ0v) is 13.3. The Balaban J connectivity index is 2.25. The van der Waals surface area contributed by atoms with Crippen LogP contribution in [0, 0.1) is 0 Å². The standard InChI is InChI=1S/C14H18BrNOS/c1-9-7-16(8-10(2)18-9)14-5-4-12(11(3)17)6-13(14)15/h4-6,9-10H,7-8H2,1-3H3. The molecule has 0 saturated carbocycles. The molecule has 1 heterocycles. The number of carbonyl (C=O) groups is 1. The predicted molar refractivity (Wildman–Crippen MR) is 82.9 cm³/mol. The van der Waals surface area contributed by atoms with Gasteiger partial charge in [0, 0.05) is 33.6 Å². The normalized spacial score (nSPS) is 24.1. The number of carbonyl (C=O) groups excluding carboxylic acids is 1. The Hall–Kier alpha value is -0.480. The molecule has 2 rings (SSSR count). The van der Waals surface area contributed by atoms with Crippen molar-refractivity contribution in [2.45, 2.75) is 31.3 Å². The van der Waals surface area contributed by atoms with Gasteiger partial charge >= 0.3 is 0 Å². The zero-order chi connectivity index (χ0) is 13.3. The molecule has 2 unspecified atom stereocenters. The summed E-state index contributed by atoms with van der Waals surface area (Å²) in [4.78, 5) is 13.8. The molecule has 18 heavy (non-hydrogen) atoms. The second kappa shape index (κ2) is 5.66. The lowest BCUT2D eigenvalue weighted by atomic mass is 10.1. The van der Waals surface area contributed by atoms with Gasteiger partial charge in [0.2, 0.25) is 0 Å². The number of halogens is 1. The molecule has 98 valence electrons. The third-order valence-corrected chi connectivity index (χ3v) is 4.98. The number of ketones is 1. The first-order valence-electron chi connectivity index (χ1n) is 6.18. The van der Waals surface area contributed by atoms with Gasteiger partial charge in [-0.2, -0.15) is 11.8 Å². The number of anilines is 1. The summed E-state index contributed by atoms with van der Waals surface area (Å²) in [6.07, 6.45) is 0. The molecule has 2 nitrogen and oxygen atoms in total. The van der Waals surface area contributed by atoms with Crippen molar-refractivity contribution in [3.05, 3.63) is 28.2 Å². The van der Waals surface area contributed by atoms with Gasteiger partial charge in [0.15, 0.2) is 5.78 Å². The van der Waals surface area contributed by atoms with E-state index in [1.165, 1.54) is 5.69 Å². The van der Waals surface area contributed by atoms with Crippen LogP contribution in [-0.2, 0) is 0 Å². The molecule has 0 N–H and O–H groups in total. The van der Waals surface area contributed by atoms with Crippen molar-refractivity contribution in [3.63, 3.8) is 0 Å². The fourth-order valence-corrected chi connectivity index (χ4v) is 4.31. The fourth-order valence-electron chi connectivity index (χ4n) is 2.36. The smallest absolute Gasteiger partial charge is 0.159 e. The van der Waals surface area contributed by atoms with Crippen molar-refractivity contribution < 1.29 is 4.79 Å². The van der Waals surface area contributed by atoms with Gasteiger partial charge in [0.05, 0.1) is 5.69 Å². The van der Waals surface area contributed by atoms with Gasteiger partial charge < -0.3 is 4.90 Å². The van der Waals surface area contributed by atoms with E-state index in [0.717, 1.165) is 23.1 Å². The Morgan fingerprint density at radius 2 is 1.94 bits per heavy atom. The van der Waals surface area contributed by atoms with Crippen molar-refractivity contribution in [2.24, 2.45) is 0 Å². The van der Waals surface area contributed by atoms with Crippen LogP contribution in [-0.4, -0.2) is 29.4 Å². The van der Waals surface area contributed by atoms with E-state index >= 15 is 0 Å². The van der Waals surface area contributed by atoms with E-state index in [1.54, 1.807) is 6.92 Å². The Morgan fingerprint density at radius 1 is 1.33 bits per heavy atom. The van der Waals surface area contributed by atoms with Crippen LogP contribution in [0.2, 0.25) is 0 Å². The number of rotatable bonds is 2. The molecule has 4 heteroatoms. The highest BCUT2D eigenvalue weighted by atomic mass is 79.9. The van der Waals surface area contributed by atoms with Gasteiger partial charge in [0.1, 0.15) is 0 Å². The molecule has 2 atom stereocenters. The summed E-state index contributed by atoms with van der Waals surface area (Å²) >= 11 is 5.63. The molecule has 0 aliphatic carbocycles. The number of hydrogen-bond donors (Lipinski definition) is 0. The van der Waals surface area contributed by atoms with E-state index < -0.39 is 0 Å². The van der Waals surface area contributed by atoms with Crippen LogP contribution >= 0.6 is 27.7 Å². The average molecular weight is 328 g/mol. The lowest BCUT2D eigenvalue weighted by molar-refractivity contribution is 0.101. The maximum atomic E-state index is 11.4. The Kier molecular flexibility index (Phi) is 4.38. The number of nitrogens with zero attached hydrogens (tertiary/aromatic N) is 1. The molecular weight excluding hydrogens is 310 g/mol. The van der Waals surface area contributed by atoms with Gasteiger partial charge in [-0.15, -0.1) is 0 Å². The van der Waals surface area contributed by atoms with Crippen molar-refractivity contribution in [3.8, 4) is 0 Å². The number of benzene rings is 1. The summed E-state index contributed by atoms with van der Waals surface area (Å²) < 4.78 is 1.02. The maximum absolute atomic E-state index is 11.4. The lowest BCUT2D eigenvalue weighted by Crippen LogP contribution is -2.40. The van der Waals surface area contributed by atoms with Crippen molar-refractivity contribution in [1.82, 2.24) is 0 Å². The SMILES string of the molecule is CC(=O)c1ccc(N2CC(C)SC(C)C2)c(Br)c1. The summed E-state index contributed by atoms with van der Waals surface area (Å²) in [6, 6.07) is 5.89. The molecule has 0 aromatic heterocycles. The molecule has 1 aromatic carbocycles. The third-order valence-electron chi connectivity index (χ3n) is 3.11. The van der Waals surface area contributed by atoms with Crippen molar-refractivity contribution in [1.29, 1.82) is 0 Å². The van der Waals surface area contributed by atoms with Crippen LogP contribution < -0.4 is 4.90 Å². The van der Waals surface area contributed by atoms with Crippen LogP contribution in [0.15, 0.2) is 22.7 Å². The Bertz CT molecular complexity index is 453. The van der Waals surface area contributed by atoms with Gasteiger partial charge in [-0.25, -0.2) is 0 Å². The molecule has 0 radical (unpaired) electrons. The summed E-state index contributed by atoms with van der Waals surface area (Å²) in [5, 5.41) is 1.29. The second-order valence-corrected chi connectivity index (χ2v) is 7.62. The van der Waals surface area contributed by atoms with Gasteiger partial charge in [0.25, 0.3) is 0 Å². The van der Waals surface area contributed by atoms with Gasteiger partial charge in [-0.3, -0.25) is 4.79 Å². The van der Waals surface area contributed by atoms with Crippen LogP contribution in [0.1, 0.15) is 31.1 Å². The highest BCUT2D eigenvalue weighted by Gasteiger charge is 2.23. The number of hydrogen-bond acceptors (Lipinski definition) is 3. The molecule has 1 aliphatic rings. The molecule has 1 saturated heterocycles. The van der Waals surface area contributed by atoms with Crippen LogP contribution in [0.5, 0.6) is 0 Å². The van der Waals surface area contributed by atoms with Crippen LogP contribution in [0.4, 0.5) is 5.69 Å². The first-order valence-corrected chi connectivity index (χ1v) is 7.92. The first-order chi connectivity index (χ1) is 8.47. The van der Waals surface area contributed by atoms with E-state index in [9.17, 15) is 4.79 Å². The maximum Gasteiger partial charge on any atom is 0.159 e. The molecule has 1 fully saturated rings. The molecule has 0 amide bonds. The fraction of sp³-hybridized carbons (Fsp3) is 0.500. The Labute approximate surface area is 121 Å². The zero-order valence-electron chi connectivity index (χ0n) is 10.9. The second-order valence-electron chi connectivity index (χ2n) is 4.88. The minimum Gasteiger partial charge on any atom is -0.368 e. The molecule has 1 aromatic rings. The topological polar surface area (TPSA) is 20.3 Å². The van der Waals surface area contributed by atoms with Gasteiger partial charge in [-0.1, -0.05) is 13.8 Å². The minimum atomic E-state index is 0.109. The molecule has 1 aliphatic heterocycles. The number of Topliss-reactive ketones (excluding diaryl/α,β-unsaturated/α-hetero) is 1.